The zero-order valence-electron chi connectivity index (χ0n) is 13.2. The van der Waals surface area contributed by atoms with Crippen LogP contribution < -0.4 is 10.6 Å². The molecule has 0 heterocycles. The quantitative estimate of drug-likeness (QED) is 0.621. The molecule has 7 nitrogen and oxygen atoms in total. The van der Waals surface area contributed by atoms with Gasteiger partial charge in [-0.05, 0) is 24.1 Å². The predicted octanol–water partition coefficient (Wildman–Crippen LogP) is 2.65. The first-order chi connectivity index (χ1) is 12.0. The molecule has 8 heteroatoms. The number of nitro groups is 1. The van der Waals surface area contributed by atoms with E-state index in [1.165, 1.54) is 24.3 Å². The summed E-state index contributed by atoms with van der Waals surface area (Å²) < 4.78 is 13.7. The van der Waals surface area contributed by atoms with Crippen molar-refractivity contribution in [2.45, 2.75) is 13.0 Å². The van der Waals surface area contributed by atoms with Crippen molar-refractivity contribution >= 4 is 11.7 Å². The number of benzene rings is 2. The van der Waals surface area contributed by atoms with Crippen LogP contribution in [0.1, 0.15) is 16.7 Å². The van der Waals surface area contributed by atoms with Crippen LogP contribution in [0.25, 0.3) is 0 Å². The highest BCUT2D eigenvalue weighted by molar-refractivity contribution is 5.73. The fourth-order valence-corrected chi connectivity index (χ4v) is 2.10. The molecule has 0 aliphatic heterocycles. The van der Waals surface area contributed by atoms with Crippen LogP contribution >= 0.6 is 0 Å². The van der Waals surface area contributed by atoms with Gasteiger partial charge in [0.1, 0.15) is 5.82 Å². The van der Waals surface area contributed by atoms with Gasteiger partial charge in [-0.25, -0.2) is 9.18 Å². The maximum absolute atomic E-state index is 13.7. The lowest BCUT2D eigenvalue weighted by molar-refractivity contribution is -0.384. The van der Waals surface area contributed by atoms with Crippen LogP contribution in [0.4, 0.5) is 14.9 Å². The van der Waals surface area contributed by atoms with Crippen molar-refractivity contribution in [2.24, 2.45) is 0 Å². The number of nitrogens with zero attached hydrogens (tertiary/aromatic N) is 2. The number of carbonyl (C=O) groups is 1. The molecule has 2 N–H and O–H groups in total. The molecule has 2 aromatic carbocycles. The van der Waals surface area contributed by atoms with E-state index in [2.05, 4.69) is 10.6 Å². The van der Waals surface area contributed by atoms with Gasteiger partial charge >= 0.3 is 6.03 Å². The van der Waals surface area contributed by atoms with Gasteiger partial charge in [-0.15, -0.1) is 0 Å². The molecule has 2 aromatic rings. The van der Waals surface area contributed by atoms with E-state index in [0.29, 0.717) is 13.0 Å². The van der Waals surface area contributed by atoms with E-state index in [1.807, 2.05) is 6.07 Å². The molecule has 0 radical (unpaired) electrons. The lowest BCUT2D eigenvalue weighted by Crippen LogP contribution is -2.36. The normalized spacial score (nSPS) is 9.92. The molecule has 2 amide bonds. The fourth-order valence-electron chi connectivity index (χ4n) is 2.10. The molecular formula is C17H15FN4O3. The van der Waals surface area contributed by atoms with E-state index in [4.69, 9.17) is 5.26 Å². The second kappa shape index (κ2) is 8.40. The number of nitrogens with one attached hydrogen (secondary N) is 2. The van der Waals surface area contributed by atoms with Crippen molar-refractivity contribution in [3.05, 3.63) is 75.1 Å². The highest BCUT2D eigenvalue weighted by atomic mass is 19.1. The number of nitro benzene ring substituents is 1. The second-order valence-electron chi connectivity index (χ2n) is 5.20. The number of non-ortho nitro benzene ring substituents is 1. The molecule has 0 aliphatic rings. The van der Waals surface area contributed by atoms with Crippen molar-refractivity contribution < 1.29 is 14.1 Å². The fraction of sp³-hybridized carbons (Fsp3) is 0.176. The molecule has 0 fully saturated rings. The van der Waals surface area contributed by atoms with Crippen molar-refractivity contribution in [3.63, 3.8) is 0 Å². The summed E-state index contributed by atoms with van der Waals surface area (Å²) in [4.78, 5) is 21.8. The molecular weight excluding hydrogens is 327 g/mol. The maximum atomic E-state index is 13.7. The number of urea groups is 1. The van der Waals surface area contributed by atoms with Gasteiger partial charge < -0.3 is 10.6 Å². The van der Waals surface area contributed by atoms with Gasteiger partial charge in [0.25, 0.3) is 5.69 Å². The Morgan fingerprint density at radius 1 is 1.20 bits per heavy atom. The van der Waals surface area contributed by atoms with Crippen LogP contribution in [0.2, 0.25) is 0 Å². The predicted molar refractivity (Wildman–Crippen MR) is 88.2 cm³/mol. The second-order valence-corrected chi connectivity index (χ2v) is 5.20. The number of nitriles is 1. The summed E-state index contributed by atoms with van der Waals surface area (Å²) in [6.45, 7) is 0.334. The molecule has 0 aliphatic carbocycles. The Morgan fingerprint density at radius 3 is 2.52 bits per heavy atom. The van der Waals surface area contributed by atoms with Crippen LogP contribution in [0.5, 0.6) is 0 Å². The number of rotatable bonds is 6. The zero-order chi connectivity index (χ0) is 18.2. The SMILES string of the molecule is N#Cc1ccc(CNC(=O)NCCc2ccc([N+](=O)[O-])cc2)c(F)c1. The lowest BCUT2D eigenvalue weighted by atomic mass is 10.1. The number of amides is 2. The van der Waals surface area contributed by atoms with E-state index >= 15 is 0 Å². The van der Waals surface area contributed by atoms with E-state index < -0.39 is 16.8 Å². The molecule has 0 aromatic heterocycles. The summed E-state index contributed by atoms with van der Waals surface area (Å²) >= 11 is 0. The Balaban J connectivity index is 1.75. The van der Waals surface area contributed by atoms with Crippen LogP contribution in [0.3, 0.4) is 0 Å². The summed E-state index contributed by atoms with van der Waals surface area (Å²) in [6.07, 6.45) is 0.511. The highest BCUT2D eigenvalue weighted by Gasteiger charge is 2.07. The Bertz CT molecular complexity index is 816. The van der Waals surface area contributed by atoms with E-state index in [-0.39, 0.29) is 23.4 Å². The summed E-state index contributed by atoms with van der Waals surface area (Å²) in [6, 6.07) is 11.5. The van der Waals surface area contributed by atoms with Crippen LogP contribution in [-0.4, -0.2) is 17.5 Å². The molecule has 0 bridgehead atoms. The molecule has 0 spiro atoms. The van der Waals surface area contributed by atoms with Gasteiger partial charge in [0, 0.05) is 30.8 Å². The van der Waals surface area contributed by atoms with Gasteiger partial charge in [-0.2, -0.15) is 5.26 Å². The van der Waals surface area contributed by atoms with Gasteiger partial charge in [-0.3, -0.25) is 10.1 Å². The van der Waals surface area contributed by atoms with Crippen LogP contribution in [-0.2, 0) is 13.0 Å². The topological polar surface area (TPSA) is 108 Å². The largest absolute Gasteiger partial charge is 0.338 e. The number of carbonyl (C=O) groups excluding carboxylic acids is 1. The monoisotopic (exact) mass is 342 g/mol. The van der Waals surface area contributed by atoms with Crippen LogP contribution in [0, 0.1) is 27.3 Å². The summed E-state index contributed by atoms with van der Waals surface area (Å²) in [7, 11) is 0. The third-order valence-corrected chi connectivity index (χ3v) is 3.47. The van der Waals surface area contributed by atoms with Crippen molar-refractivity contribution in [3.8, 4) is 6.07 Å². The van der Waals surface area contributed by atoms with Crippen molar-refractivity contribution in [1.29, 1.82) is 5.26 Å². The first-order valence-corrected chi connectivity index (χ1v) is 7.43. The molecule has 128 valence electrons. The van der Waals surface area contributed by atoms with Gasteiger partial charge in [0.2, 0.25) is 0 Å². The van der Waals surface area contributed by atoms with Gasteiger partial charge in [0.05, 0.1) is 16.6 Å². The summed E-state index contributed by atoms with van der Waals surface area (Å²) in [5.41, 5.74) is 1.36. The van der Waals surface area contributed by atoms with Crippen molar-refractivity contribution in [2.75, 3.05) is 6.54 Å². The Labute approximate surface area is 143 Å². The molecule has 25 heavy (non-hydrogen) atoms. The number of hydrogen-bond donors (Lipinski definition) is 2. The van der Waals surface area contributed by atoms with Crippen molar-refractivity contribution in [1.82, 2.24) is 10.6 Å². The van der Waals surface area contributed by atoms with E-state index in [0.717, 1.165) is 11.6 Å². The van der Waals surface area contributed by atoms with E-state index in [9.17, 15) is 19.3 Å². The number of halogens is 1. The van der Waals surface area contributed by atoms with Gasteiger partial charge in [-0.1, -0.05) is 18.2 Å². The average molecular weight is 342 g/mol. The van der Waals surface area contributed by atoms with E-state index in [1.54, 1.807) is 12.1 Å². The smallest absolute Gasteiger partial charge is 0.315 e. The zero-order valence-corrected chi connectivity index (χ0v) is 13.2. The number of hydrogen-bond acceptors (Lipinski definition) is 4. The maximum Gasteiger partial charge on any atom is 0.315 e. The summed E-state index contributed by atoms with van der Waals surface area (Å²) in [5, 5.41) is 24.4. The molecule has 0 saturated heterocycles. The summed E-state index contributed by atoms with van der Waals surface area (Å²) in [5.74, 6) is -0.551. The Hall–Kier alpha value is -3.47. The minimum Gasteiger partial charge on any atom is -0.338 e. The Kier molecular flexibility index (Phi) is 6.01. The Morgan fingerprint density at radius 2 is 1.92 bits per heavy atom. The standard InChI is InChI=1S/C17H15FN4O3/c18-16-9-13(10-19)1-4-14(16)11-21-17(23)20-8-7-12-2-5-15(6-3-12)22(24)25/h1-6,9H,7-8,11H2,(H2,20,21,23). The first kappa shape index (κ1) is 17.9. The average Bonchev–Trinajstić information content (AvgIpc) is 2.61. The molecule has 0 atom stereocenters. The molecule has 2 rings (SSSR count). The highest BCUT2D eigenvalue weighted by Crippen LogP contribution is 2.12. The third-order valence-electron chi connectivity index (χ3n) is 3.47. The molecule has 0 saturated carbocycles. The minimum absolute atomic E-state index is 0.000900. The molecule has 0 unspecified atom stereocenters. The van der Waals surface area contributed by atoms with Gasteiger partial charge in [0.15, 0.2) is 0 Å². The van der Waals surface area contributed by atoms with Crippen LogP contribution in [0.15, 0.2) is 42.5 Å². The first-order valence-electron chi connectivity index (χ1n) is 7.43. The third kappa shape index (κ3) is 5.28. The lowest BCUT2D eigenvalue weighted by Gasteiger charge is -2.08. The minimum atomic E-state index is -0.551.